The van der Waals surface area contributed by atoms with E-state index in [-0.39, 0.29) is 0 Å². The Balaban J connectivity index is 2.23. The largest absolute Gasteiger partial charge is 0.393 e. The molecule has 0 spiro atoms. The van der Waals surface area contributed by atoms with Crippen LogP contribution in [0.25, 0.3) is 22.2 Å². The van der Waals surface area contributed by atoms with Crippen molar-refractivity contribution in [1.82, 2.24) is 4.98 Å². The fraction of sp³-hybridized carbons (Fsp3) is 0.125. The Labute approximate surface area is 114 Å². The second-order valence-electron chi connectivity index (χ2n) is 4.68. The van der Waals surface area contributed by atoms with Crippen LogP contribution in [0.4, 0.5) is 13.2 Å². The lowest BCUT2D eigenvalue weighted by atomic mass is 10.0. The first-order valence-corrected chi connectivity index (χ1v) is 6.26. The summed E-state index contributed by atoms with van der Waals surface area (Å²) in [6, 6.07) is 16.2. The normalized spacial score (nSPS) is 11.9. The van der Waals surface area contributed by atoms with Gasteiger partial charge in [-0.1, -0.05) is 48.5 Å². The van der Waals surface area contributed by atoms with Crippen molar-refractivity contribution in [3.05, 3.63) is 60.2 Å². The third kappa shape index (κ3) is 2.41. The van der Waals surface area contributed by atoms with Gasteiger partial charge in [0.05, 0.1) is 12.1 Å². The SMILES string of the molecule is FC(F)(F)Cc1c(-c2ccccc2)[nH]c2ccccc12. The molecule has 102 valence electrons. The molecule has 1 nitrogen and oxygen atoms in total. The summed E-state index contributed by atoms with van der Waals surface area (Å²) in [5.74, 6) is 0. The van der Waals surface area contributed by atoms with Crippen LogP contribution in [0, 0.1) is 0 Å². The maximum atomic E-state index is 12.8. The van der Waals surface area contributed by atoms with Crippen molar-refractivity contribution in [2.45, 2.75) is 12.6 Å². The van der Waals surface area contributed by atoms with Gasteiger partial charge >= 0.3 is 6.18 Å². The molecule has 0 aliphatic rings. The van der Waals surface area contributed by atoms with E-state index in [2.05, 4.69) is 4.98 Å². The Bertz CT molecular complexity index is 726. The standard InChI is InChI=1S/C16H12F3N/c17-16(18,19)10-13-12-8-4-5-9-14(12)20-15(13)11-6-2-1-3-7-11/h1-9,20H,10H2. The molecular weight excluding hydrogens is 263 g/mol. The molecule has 1 aromatic heterocycles. The molecule has 0 bridgehead atoms. The van der Waals surface area contributed by atoms with E-state index in [9.17, 15) is 13.2 Å². The van der Waals surface area contributed by atoms with Gasteiger partial charge in [-0.15, -0.1) is 0 Å². The highest BCUT2D eigenvalue weighted by Gasteiger charge is 2.31. The van der Waals surface area contributed by atoms with Crippen molar-refractivity contribution < 1.29 is 13.2 Å². The number of aromatic nitrogens is 1. The second-order valence-corrected chi connectivity index (χ2v) is 4.68. The summed E-state index contributed by atoms with van der Waals surface area (Å²) in [5, 5.41) is 0.628. The van der Waals surface area contributed by atoms with Crippen LogP contribution in [-0.4, -0.2) is 11.2 Å². The van der Waals surface area contributed by atoms with Gasteiger partial charge in [0.1, 0.15) is 0 Å². The molecule has 3 aromatic rings. The minimum atomic E-state index is -4.23. The Morgan fingerprint density at radius 1 is 0.850 bits per heavy atom. The number of hydrogen-bond donors (Lipinski definition) is 1. The van der Waals surface area contributed by atoms with Gasteiger partial charge in [0.2, 0.25) is 0 Å². The average Bonchev–Trinajstić information content (AvgIpc) is 2.77. The van der Waals surface area contributed by atoms with E-state index in [1.807, 2.05) is 36.4 Å². The van der Waals surface area contributed by atoms with E-state index in [1.54, 1.807) is 18.2 Å². The first kappa shape index (κ1) is 12.8. The molecule has 1 N–H and O–H groups in total. The topological polar surface area (TPSA) is 15.8 Å². The van der Waals surface area contributed by atoms with Crippen LogP contribution < -0.4 is 0 Å². The van der Waals surface area contributed by atoms with E-state index < -0.39 is 12.6 Å². The molecule has 0 fully saturated rings. The third-order valence-electron chi connectivity index (χ3n) is 3.25. The highest BCUT2D eigenvalue weighted by atomic mass is 19.4. The van der Waals surface area contributed by atoms with Crippen molar-refractivity contribution in [1.29, 1.82) is 0 Å². The number of benzene rings is 2. The lowest BCUT2D eigenvalue weighted by Gasteiger charge is -2.08. The molecule has 2 aromatic carbocycles. The average molecular weight is 275 g/mol. The Morgan fingerprint density at radius 3 is 2.20 bits per heavy atom. The molecule has 0 aliphatic carbocycles. The zero-order valence-electron chi connectivity index (χ0n) is 10.5. The van der Waals surface area contributed by atoms with Crippen LogP contribution >= 0.6 is 0 Å². The van der Waals surface area contributed by atoms with E-state index in [4.69, 9.17) is 0 Å². The van der Waals surface area contributed by atoms with Gasteiger partial charge in [0.15, 0.2) is 0 Å². The summed E-state index contributed by atoms with van der Waals surface area (Å²) >= 11 is 0. The van der Waals surface area contributed by atoms with E-state index in [1.165, 1.54) is 0 Å². The van der Waals surface area contributed by atoms with E-state index in [0.717, 1.165) is 11.1 Å². The van der Waals surface area contributed by atoms with Crippen LogP contribution in [-0.2, 0) is 6.42 Å². The predicted molar refractivity (Wildman–Crippen MR) is 73.5 cm³/mol. The molecule has 0 atom stereocenters. The molecule has 0 saturated heterocycles. The van der Waals surface area contributed by atoms with Gasteiger partial charge < -0.3 is 4.98 Å². The number of halogens is 3. The summed E-state index contributed by atoms with van der Waals surface area (Å²) in [7, 11) is 0. The van der Waals surface area contributed by atoms with Crippen LogP contribution in [0.1, 0.15) is 5.56 Å². The van der Waals surface area contributed by atoms with Gasteiger partial charge in [-0.05, 0) is 17.2 Å². The summed E-state index contributed by atoms with van der Waals surface area (Å²) < 4.78 is 38.5. The molecule has 0 amide bonds. The number of rotatable bonds is 2. The van der Waals surface area contributed by atoms with Crippen LogP contribution in [0.3, 0.4) is 0 Å². The summed E-state index contributed by atoms with van der Waals surface area (Å²) in [6.07, 6.45) is -5.16. The lowest BCUT2D eigenvalue weighted by Crippen LogP contribution is -2.11. The van der Waals surface area contributed by atoms with E-state index in [0.29, 0.717) is 16.6 Å². The molecule has 0 unspecified atom stereocenters. The minimum Gasteiger partial charge on any atom is -0.354 e. The lowest BCUT2D eigenvalue weighted by molar-refractivity contribution is -0.126. The van der Waals surface area contributed by atoms with Crippen LogP contribution in [0.2, 0.25) is 0 Å². The predicted octanol–water partition coefficient (Wildman–Crippen LogP) is 4.94. The summed E-state index contributed by atoms with van der Waals surface area (Å²) in [6.45, 7) is 0. The maximum absolute atomic E-state index is 12.8. The van der Waals surface area contributed by atoms with Gasteiger partial charge in [0, 0.05) is 10.9 Å². The second kappa shape index (κ2) is 4.71. The minimum absolute atomic E-state index is 0.305. The Kier molecular flexibility index (Phi) is 3.01. The van der Waals surface area contributed by atoms with Gasteiger partial charge in [-0.3, -0.25) is 0 Å². The first-order valence-electron chi connectivity index (χ1n) is 6.26. The van der Waals surface area contributed by atoms with Crippen LogP contribution in [0.5, 0.6) is 0 Å². The molecule has 0 aliphatic heterocycles. The van der Waals surface area contributed by atoms with Crippen molar-refractivity contribution >= 4 is 10.9 Å². The van der Waals surface area contributed by atoms with Gasteiger partial charge in [0.25, 0.3) is 0 Å². The van der Waals surface area contributed by atoms with Crippen LogP contribution in [0.15, 0.2) is 54.6 Å². The molecule has 1 heterocycles. The molecule has 20 heavy (non-hydrogen) atoms. The number of nitrogens with one attached hydrogen (secondary N) is 1. The van der Waals surface area contributed by atoms with Crippen molar-refractivity contribution in [3.63, 3.8) is 0 Å². The Morgan fingerprint density at radius 2 is 1.50 bits per heavy atom. The van der Waals surface area contributed by atoms with Crippen molar-refractivity contribution in [2.75, 3.05) is 0 Å². The maximum Gasteiger partial charge on any atom is 0.393 e. The number of fused-ring (bicyclic) bond motifs is 1. The van der Waals surface area contributed by atoms with Crippen molar-refractivity contribution in [2.24, 2.45) is 0 Å². The zero-order chi connectivity index (χ0) is 14.2. The number of alkyl halides is 3. The highest BCUT2D eigenvalue weighted by molar-refractivity contribution is 5.90. The third-order valence-corrected chi connectivity index (χ3v) is 3.25. The van der Waals surface area contributed by atoms with Crippen molar-refractivity contribution in [3.8, 4) is 11.3 Å². The molecule has 0 radical (unpaired) electrons. The Hall–Kier alpha value is -2.23. The van der Waals surface area contributed by atoms with Gasteiger partial charge in [-0.25, -0.2) is 0 Å². The number of H-pyrrole nitrogens is 1. The fourth-order valence-electron chi connectivity index (χ4n) is 2.44. The quantitative estimate of drug-likeness (QED) is 0.681. The summed E-state index contributed by atoms with van der Waals surface area (Å²) in [4.78, 5) is 3.10. The van der Waals surface area contributed by atoms with Gasteiger partial charge in [-0.2, -0.15) is 13.2 Å². The number of aromatic amines is 1. The molecular formula is C16H12F3N. The summed E-state index contributed by atoms with van der Waals surface area (Å²) in [5.41, 5.74) is 2.34. The molecule has 3 rings (SSSR count). The number of para-hydroxylation sites is 1. The molecule has 0 saturated carbocycles. The monoisotopic (exact) mass is 275 g/mol. The molecule has 4 heteroatoms. The number of hydrogen-bond acceptors (Lipinski definition) is 0. The zero-order valence-corrected chi connectivity index (χ0v) is 10.5. The first-order chi connectivity index (χ1) is 9.54. The van der Waals surface area contributed by atoms with E-state index >= 15 is 0 Å². The highest BCUT2D eigenvalue weighted by Crippen LogP contribution is 2.34. The fourth-order valence-corrected chi connectivity index (χ4v) is 2.44. The smallest absolute Gasteiger partial charge is 0.354 e.